The molecule has 3 aromatic rings. The van der Waals surface area contributed by atoms with Gasteiger partial charge in [0.05, 0.1) is 24.3 Å². The quantitative estimate of drug-likeness (QED) is 0.686. The van der Waals surface area contributed by atoms with Gasteiger partial charge in [0.1, 0.15) is 0 Å². The lowest BCUT2D eigenvalue weighted by Crippen LogP contribution is -2.37. The number of hydrogen-bond acceptors (Lipinski definition) is 8. The second kappa shape index (κ2) is 7.44. The number of fused-ring (bicyclic) bond motifs is 1. The van der Waals surface area contributed by atoms with Crippen LogP contribution in [0.1, 0.15) is 34.8 Å². The van der Waals surface area contributed by atoms with Gasteiger partial charge in [0.15, 0.2) is 5.82 Å². The maximum absolute atomic E-state index is 12.7. The SMILES string of the molecule is O=c1[nH]c(N2CCCC2)nc2c1CN(Cc1nnnn1Cc1cccs1)CC2. The fraction of sp³-hybridized carbons (Fsp3) is 0.500. The van der Waals surface area contributed by atoms with Gasteiger partial charge in [-0.05, 0) is 34.7 Å². The van der Waals surface area contributed by atoms with Crippen molar-refractivity contribution in [3.63, 3.8) is 0 Å². The normalized spacial score (nSPS) is 17.2. The van der Waals surface area contributed by atoms with E-state index in [-0.39, 0.29) is 5.56 Å². The number of rotatable bonds is 5. The first-order valence-electron chi connectivity index (χ1n) is 9.63. The van der Waals surface area contributed by atoms with E-state index >= 15 is 0 Å². The molecule has 0 unspecified atom stereocenters. The molecular formula is C18H22N8OS. The van der Waals surface area contributed by atoms with Gasteiger partial charge in [-0.3, -0.25) is 14.7 Å². The van der Waals surface area contributed by atoms with E-state index in [1.807, 2.05) is 10.7 Å². The maximum Gasteiger partial charge on any atom is 0.257 e. The summed E-state index contributed by atoms with van der Waals surface area (Å²) in [6.07, 6.45) is 3.09. The fourth-order valence-corrected chi connectivity index (χ4v) is 4.58. The summed E-state index contributed by atoms with van der Waals surface area (Å²) in [7, 11) is 0. The zero-order valence-electron chi connectivity index (χ0n) is 15.5. The van der Waals surface area contributed by atoms with Crippen molar-refractivity contribution in [1.82, 2.24) is 35.1 Å². The van der Waals surface area contributed by atoms with Crippen LogP contribution in [-0.4, -0.2) is 54.7 Å². The molecule has 0 spiro atoms. The van der Waals surface area contributed by atoms with Gasteiger partial charge >= 0.3 is 0 Å². The third-order valence-corrected chi connectivity index (χ3v) is 6.26. The summed E-state index contributed by atoms with van der Waals surface area (Å²) in [5, 5.41) is 14.2. The summed E-state index contributed by atoms with van der Waals surface area (Å²) in [6.45, 7) is 4.65. The van der Waals surface area contributed by atoms with Crippen molar-refractivity contribution in [3.8, 4) is 0 Å². The summed E-state index contributed by atoms with van der Waals surface area (Å²) < 4.78 is 1.83. The first kappa shape index (κ1) is 17.5. The number of thiophene rings is 1. The molecule has 1 N–H and O–H groups in total. The number of anilines is 1. The third kappa shape index (κ3) is 3.45. The van der Waals surface area contributed by atoms with Crippen LogP contribution in [0.15, 0.2) is 22.3 Å². The Morgan fingerprint density at radius 1 is 1.18 bits per heavy atom. The predicted molar refractivity (Wildman–Crippen MR) is 105 cm³/mol. The van der Waals surface area contributed by atoms with Crippen LogP contribution in [0, 0.1) is 0 Å². The van der Waals surface area contributed by atoms with Crippen LogP contribution in [0.3, 0.4) is 0 Å². The molecular weight excluding hydrogens is 376 g/mol. The van der Waals surface area contributed by atoms with Crippen molar-refractivity contribution in [1.29, 1.82) is 0 Å². The average molecular weight is 398 g/mol. The molecule has 3 aromatic heterocycles. The molecule has 0 bridgehead atoms. The highest BCUT2D eigenvalue weighted by molar-refractivity contribution is 7.09. The highest BCUT2D eigenvalue weighted by Crippen LogP contribution is 2.20. The second-order valence-corrected chi connectivity index (χ2v) is 8.33. The summed E-state index contributed by atoms with van der Waals surface area (Å²) in [6, 6.07) is 4.11. The molecule has 1 saturated heterocycles. The number of aromatic nitrogens is 6. The third-order valence-electron chi connectivity index (χ3n) is 5.40. The van der Waals surface area contributed by atoms with Crippen LogP contribution in [0.5, 0.6) is 0 Å². The van der Waals surface area contributed by atoms with Crippen molar-refractivity contribution in [2.75, 3.05) is 24.5 Å². The molecule has 2 aliphatic heterocycles. The smallest absolute Gasteiger partial charge is 0.257 e. The van der Waals surface area contributed by atoms with Crippen molar-refractivity contribution >= 4 is 17.3 Å². The van der Waals surface area contributed by atoms with Crippen LogP contribution in [-0.2, 0) is 26.1 Å². The molecule has 0 saturated carbocycles. The monoisotopic (exact) mass is 398 g/mol. The van der Waals surface area contributed by atoms with E-state index in [9.17, 15) is 4.79 Å². The summed E-state index contributed by atoms with van der Waals surface area (Å²) in [5.74, 6) is 1.55. The van der Waals surface area contributed by atoms with E-state index in [1.165, 1.54) is 4.88 Å². The zero-order valence-corrected chi connectivity index (χ0v) is 16.4. The number of tetrazole rings is 1. The van der Waals surface area contributed by atoms with Crippen LogP contribution in [0.4, 0.5) is 5.95 Å². The minimum atomic E-state index is -0.0187. The largest absolute Gasteiger partial charge is 0.342 e. The van der Waals surface area contributed by atoms with Crippen LogP contribution in [0.2, 0.25) is 0 Å². The summed E-state index contributed by atoms with van der Waals surface area (Å²) >= 11 is 1.69. The Bertz CT molecular complexity index is 1010. The van der Waals surface area contributed by atoms with E-state index in [0.29, 0.717) is 19.6 Å². The number of H-pyrrole nitrogens is 1. The lowest BCUT2D eigenvalue weighted by molar-refractivity contribution is 0.231. The van der Waals surface area contributed by atoms with Crippen molar-refractivity contribution in [2.45, 2.75) is 38.9 Å². The number of hydrogen-bond donors (Lipinski definition) is 1. The molecule has 0 radical (unpaired) electrons. The predicted octanol–water partition coefficient (Wildman–Crippen LogP) is 1.02. The van der Waals surface area contributed by atoms with Gasteiger partial charge in [0.2, 0.25) is 5.95 Å². The number of aromatic amines is 1. The molecule has 0 amide bonds. The van der Waals surface area contributed by atoms with E-state index < -0.39 is 0 Å². The highest BCUT2D eigenvalue weighted by atomic mass is 32.1. The van der Waals surface area contributed by atoms with Crippen molar-refractivity contribution < 1.29 is 0 Å². The fourth-order valence-electron chi connectivity index (χ4n) is 3.89. The molecule has 10 heteroatoms. The van der Waals surface area contributed by atoms with Gasteiger partial charge in [0, 0.05) is 37.5 Å². The number of nitrogens with zero attached hydrogens (tertiary/aromatic N) is 7. The van der Waals surface area contributed by atoms with Gasteiger partial charge < -0.3 is 4.90 Å². The topological polar surface area (TPSA) is 95.8 Å². The van der Waals surface area contributed by atoms with E-state index in [0.717, 1.165) is 61.9 Å². The second-order valence-electron chi connectivity index (χ2n) is 7.30. The summed E-state index contributed by atoms with van der Waals surface area (Å²) in [5.41, 5.74) is 1.68. The van der Waals surface area contributed by atoms with Crippen molar-refractivity contribution in [3.05, 3.63) is 49.8 Å². The maximum atomic E-state index is 12.7. The molecule has 0 aromatic carbocycles. The minimum absolute atomic E-state index is 0.0187. The molecule has 146 valence electrons. The molecule has 28 heavy (non-hydrogen) atoms. The molecule has 5 rings (SSSR count). The Morgan fingerprint density at radius 2 is 2.07 bits per heavy atom. The molecule has 0 aliphatic carbocycles. The molecule has 0 atom stereocenters. The van der Waals surface area contributed by atoms with Gasteiger partial charge in [0.25, 0.3) is 5.56 Å². The van der Waals surface area contributed by atoms with Crippen LogP contribution in [0.25, 0.3) is 0 Å². The van der Waals surface area contributed by atoms with Crippen LogP contribution < -0.4 is 10.5 Å². The zero-order chi connectivity index (χ0) is 18.9. The Balaban J connectivity index is 1.31. The molecule has 2 aliphatic rings. The Hall–Kier alpha value is -2.59. The highest BCUT2D eigenvalue weighted by Gasteiger charge is 2.24. The van der Waals surface area contributed by atoms with Crippen LogP contribution >= 0.6 is 11.3 Å². The Labute approximate surface area is 166 Å². The Kier molecular flexibility index (Phi) is 4.65. The standard InChI is InChI=1S/C18H22N8OS/c27-17-14-11-24(8-5-15(14)19-18(20-17)25-6-1-2-7-25)12-16-21-22-23-26(16)10-13-4-3-9-28-13/h3-4,9H,1-2,5-8,10-12H2,(H,19,20,27). The van der Waals surface area contributed by atoms with Gasteiger partial charge in [-0.2, -0.15) is 0 Å². The summed E-state index contributed by atoms with van der Waals surface area (Å²) in [4.78, 5) is 26.0. The lowest BCUT2D eigenvalue weighted by Gasteiger charge is -2.28. The lowest BCUT2D eigenvalue weighted by atomic mass is 10.1. The first-order chi connectivity index (χ1) is 13.8. The van der Waals surface area contributed by atoms with E-state index in [2.05, 4.69) is 41.8 Å². The number of nitrogens with one attached hydrogen (secondary N) is 1. The molecule has 9 nitrogen and oxygen atoms in total. The molecule has 1 fully saturated rings. The van der Waals surface area contributed by atoms with E-state index in [1.54, 1.807) is 11.3 Å². The minimum Gasteiger partial charge on any atom is -0.342 e. The first-order valence-corrected chi connectivity index (χ1v) is 10.5. The molecule has 5 heterocycles. The van der Waals surface area contributed by atoms with E-state index in [4.69, 9.17) is 4.98 Å². The van der Waals surface area contributed by atoms with Crippen molar-refractivity contribution in [2.24, 2.45) is 0 Å². The van der Waals surface area contributed by atoms with Gasteiger partial charge in [-0.25, -0.2) is 9.67 Å². The average Bonchev–Trinajstić information content (AvgIpc) is 3.46. The van der Waals surface area contributed by atoms with Gasteiger partial charge in [-0.15, -0.1) is 16.4 Å². The van der Waals surface area contributed by atoms with Gasteiger partial charge in [-0.1, -0.05) is 6.07 Å². The Morgan fingerprint density at radius 3 is 2.89 bits per heavy atom.